The Kier molecular flexibility index (Phi) is 14.2. The molecule has 1 saturated carbocycles. The van der Waals surface area contributed by atoms with Crippen molar-refractivity contribution in [2.75, 3.05) is 13.2 Å². The lowest BCUT2D eigenvalue weighted by atomic mass is 9.75. The van der Waals surface area contributed by atoms with Crippen LogP contribution in [0.1, 0.15) is 121 Å². The summed E-state index contributed by atoms with van der Waals surface area (Å²) in [6, 6.07) is 11.3. The van der Waals surface area contributed by atoms with Crippen molar-refractivity contribution in [3.63, 3.8) is 0 Å². The number of hydrogen-bond acceptors (Lipinski definition) is 4. The smallest absolute Gasteiger partial charge is 0.343 e. The Balaban J connectivity index is 1.36. The molecule has 0 spiro atoms. The van der Waals surface area contributed by atoms with E-state index in [1.54, 1.807) is 18.2 Å². The van der Waals surface area contributed by atoms with Crippen LogP contribution in [0.2, 0.25) is 0 Å². The first kappa shape index (κ1) is 31.0. The van der Waals surface area contributed by atoms with E-state index in [2.05, 4.69) is 13.8 Å². The fraction of sp³-hybridized carbons (Fsp3) is 0.618. The minimum absolute atomic E-state index is 0.153. The molecule has 2 aromatic carbocycles. The third-order valence-electron chi connectivity index (χ3n) is 7.92. The Labute approximate surface area is 235 Å². The zero-order chi connectivity index (χ0) is 27.7. The summed E-state index contributed by atoms with van der Waals surface area (Å²) < 4.78 is 31.4. The van der Waals surface area contributed by atoms with Crippen LogP contribution in [0.3, 0.4) is 0 Å². The second-order valence-electron chi connectivity index (χ2n) is 11.1. The minimum Gasteiger partial charge on any atom is -0.494 e. The first-order valence-corrected chi connectivity index (χ1v) is 15.5. The molecule has 0 N–H and O–H groups in total. The van der Waals surface area contributed by atoms with E-state index in [-0.39, 0.29) is 11.3 Å². The molecule has 1 fully saturated rings. The molecular weight excluding hydrogens is 491 g/mol. The van der Waals surface area contributed by atoms with Crippen LogP contribution in [0.25, 0.3) is 0 Å². The van der Waals surface area contributed by atoms with Gasteiger partial charge in [-0.1, -0.05) is 90.9 Å². The van der Waals surface area contributed by atoms with Crippen molar-refractivity contribution in [3.8, 4) is 17.2 Å². The Bertz CT molecular complexity index is 956. The predicted octanol–water partition coefficient (Wildman–Crippen LogP) is 9.94. The van der Waals surface area contributed by atoms with Crippen LogP contribution >= 0.6 is 0 Å². The first-order valence-electron chi connectivity index (χ1n) is 15.5. The molecule has 216 valence electrons. The molecule has 0 amide bonds. The Hall–Kier alpha value is -2.56. The second kappa shape index (κ2) is 17.9. The number of unbranched alkanes of at least 4 members (excludes halogenated alkanes) is 6. The van der Waals surface area contributed by atoms with E-state index in [4.69, 9.17) is 14.2 Å². The van der Waals surface area contributed by atoms with Gasteiger partial charge in [-0.25, -0.2) is 9.18 Å². The SMILES string of the molecule is CCCCCCCCCOc1ccc(C(=O)Oc2ccc(OCCCC3CCCCC3CCC)cc2)cc1F. The van der Waals surface area contributed by atoms with E-state index in [0.717, 1.165) is 36.8 Å². The van der Waals surface area contributed by atoms with Gasteiger partial charge in [-0.05, 0) is 73.6 Å². The molecule has 0 aliphatic heterocycles. The van der Waals surface area contributed by atoms with Gasteiger partial charge in [0.05, 0.1) is 18.8 Å². The lowest BCUT2D eigenvalue weighted by Crippen LogP contribution is -2.20. The summed E-state index contributed by atoms with van der Waals surface area (Å²) in [5, 5.41) is 0. The van der Waals surface area contributed by atoms with E-state index >= 15 is 0 Å². The van der Waals surface area contributed by atoms with Gasteiger partial charge in [0.1, 0.15) is 11.5 Å². The van der Waals surface area contributed by atoms with Gasteiger partial charge >= 0.3 is 5.97 Å². The van der Waals surface area contributed by atoms with Gasteiger partial charge in [-0.2, -0.15) is 0 Å². The van der Waals surface area contributed by atoms with Gasteiger partial charge in [-0.3, -0.25) is 0 Å². The molecule has 39 heavy (non-hydrogen) atoms. The zero-order valence-corrected chi connectivity index (χ0v) is 24.2. The molecule has 4 nitrogen and oxygen atoms in total. The molecule has 0 radical (unpaired) electrons. The van der Waals surface area contributed by atoms with Crippen LogP contribution in [0, 0.1) is 17.7 Å². The topological polar surface area (TPSA) is 44.8 Å². The minimum atomic E-state index is -0.602. The average molecular weight is 541 g/mol. The van der Waals surface area contributed by atoms with E-state index in [1.165, 1.54) is 89.2 Å². The molecule has 2 atom stereocenters. The number of carbonyl (C=O) groups is 1. The monoisotopic (exact) mass is 540 g/mol. The molecule has 1 aliphatic carbocycles. The Morgan fingerprint density at radius 2 is 1.38 bits per heavy atom. The molecule has 0 heterocycles. The van der Waals surface area contributed by atoms with Crippen LogP contribution < -0.4 is 14.2 Å². The number of hydrogen-bond donors (Lipinski definition) is 0. The highest BCUT2D eigenvalue weighted by molar-refractivity contribution is 5.91. The van der Waals surface area contributed by atoms with Gasteiger partial charge < -0.3 is 14.2 Å². The molecule has 5 heteroatoms. The largest absolute Gasteiger partial charge is 0.494 e. The Morgan fingerprint density at radius 1 is 0.744 bits per heavy atom. The summed E-state index contributed by atoms with van der Waals surface area (Å²) in [6.07, 6.45) is 18.7. The maximum absolute atomic E-state index is 14.5. The number of ether oxygens (including phenoxy) is 3. The standard InChI is InChI=1S/C34H49FO4/c1-3-5-6-7-8-9-12-24-38-33-23-18-29(26-32(33)35)34(36)39-31-21-19-30(20-22-31)37-25-13-17-28-16-11-10-15-27(28)14-4-2/h18-23,26-28H,3-17,24-25H2,1-2H3. The number of benzene rings is 2. The fourth-order valence-electron chi connectivity index (χ4n) is 5.71. The van der Waals surface area contributed by atoms with E-state index in [0.29, 0.717) is 19.0 Å². The normalized spacial score (nSPS) is 17.1. The summed E-state index contributed by atoms with van der Waals surface area (Å²) in [4.78, 5) is 12.5. The van der Waals surface area contributed by atoms with Crippen molar-refractivity contribution in [3.05, 3.63) is 53.8 Å². The number of halogens is 1. The van der Waals surface area contributed by atoms with Gasteiger partial charge in [0.25, 0.3) is 0 Å². The van der Waals surface area contributed by atoms with Crippen LogP contribution in [-0.2, 0) is 0 Å². The average Bonchev–Trinajstić information content (AvgIpc) is 2.95. The molecule has 0 saturated heterocycles. The third-order valence-corrected chi connectivity index (χ3v) is 7.92. The molecule has 0 bridgehead atoms. The quantitative estimate of drug-likeness (QED) is 0.107. The summed E-state index contributed by atoms with van der Waals surface area (Å²) in [5.41, 5.74) is 0.153. The van der Waals surface area contributed by atoms with Crippen LogP contribution in [0.15, 0.2) is 42.5 Å². The molecule has 2 unspecified atom stereocenters. The lowest BCUT2D eigenvalue weighted by molar-refractivity contribution is 0.0734. The van der Waals surface area contributed by atoms with Crippen molar-refractivity contribution < 1.29 is 23.4 Å². The van der Waals surface area contributed by atoms with Gasteiger partial charge in [0.2, 0.25) is 0 Å². The highest BCUT2D eigenvalue weighted by Crippen LogP contribution is 2.36. The lowest BCUT2D eigenvalue weighted by Gasteiger charge is -2.31. The summed E-state index contributed by atoms with van der Waals surface area (Å²) in [5.74, 6) is 1.92. The Morgan fingerprint density at radius 3 is 2.08 bits per heavy atom. The van der Waals surface area contributed by atoms with Gasteiger partial charge in [0, 0.05) is 0 Å². The van der Waals surface area contributed by atoms with Crippen molar-refractivity contribution in [2.24, 2.45) is 11.8 Å². The van der Waals surface area contributed by atoms with E-state index in [1.807, 2.05) is 12.1 Å². The highest BCUT2D eigenvalue weighted by Gasteiger charge is 2.23. The predicted molar refractivity (Wildman–Crippen MR) is 156 cm³/mol. The van der Waals surface area contributed by atoms with Crippen LogP contribution in [0.4, 0.5) is 4.39 Å². The maximum atomic E-state index is 14.5. The van der Waals surface area contributed by atoms with Gasteiger partial charge in [-0.15, -0.1) is 0 Å². The fourth-order valence-corrected chi connectivity index (χ4v) is 5.71. The molecule has 0 aromatic heterocycles. The summed E-state index contributed by atoms with van der Waals surface area (Å²) >= 11 is 0. The van der Waals surface area contributed by atoms with Crippen molar-refractivity contribution >= 4 is 5.97 Å². The van der Waals surface area contributed by atoms with Crippen molar-refractivity contribution in [1.29, 1.82) is 0 Å². The highest BCUT2D eigenvalue weighted by atomic mass is 19.1. The van der Waals surface area contributed by atoms with Crippen molar-refractivity contribution in [1.82, 2.24) is 0 Å². The molecule has 1 aliphatic rings. The zero-order valence-electron chi connectivity index (χ0n) is 24.2. The van der Waals surface area contributed by atoms with Crippen LogP contribution in [0.5, 0.6) is 17.2 Å². The van der Waals surface area contributed by atoms with Crippen molar-refractivity contribution in [2.45, 2.75) is 110 Å². The van der Waals surface area contributed by atoms with Crippen LogP contribution in [-0.4, -0.2) is 19.2 Å². The first-order chi connectivity index (χ1) is 19.1. The molecule has 2 aromatic rings. The summed E-state index contributed by atoms with van der Waals surface area (Å²) in [7, 11) is 0. The number of carbonyl (C=O) groups excluding carboxylic acids is 1. The third kappa shape index (κ3) is 11.2. The number of rotatable bonds is 18. The summed E-state index contributed by atoms with van der Waals surface area (Å²) in [6.45, 7) is 5.67. The number of esters is 1. The molecular formula is C34H49FO4. The molecule has 3 rings (SSSR count). The second-order valence-corrected chi connectivity index (χ2v) is 11.1. The maximum Gasteiger partial charge on any atom is 0.343 e. The van der Waals surface area contributed by atoms with E-state index < -0.39 is 11.8 Å². The van der Waals surface area contributed by atoms with Gasteiger partial charge in [0.15, 0.2) is 11.6 Å². The van der Waals surface area contributed by atoms with E-state index in [9.17, 15) is 9.18 Å².